The number of rotatable bonds is 6. The van der Waals surface area contributed by atoms with Crippen molar-refractivity contribution in [1.29, 1.82) is 0 Å². The van der Waals surface area contributed by atoms with Crippen molar-refractivity contribution in [3.63, 3.8) is 0 Å². The van der Waals surface area contributed by atoms with Gasteiger partial charge in [0.15, 0.2) is 5.65 Å². The molecule has 9 nitrogen and oxygen atoms in total. The van der Waals surface area contributed by atoms with Gasteiger partial charge in [-0.25, -0.2) is 14.2 Å². The molecule has 0 fully saturated rings. The van der Waals surface area contributed by atoms with Gasteiger partial charge in [0, 0.05) is 31.6 Å². The number of carbonyl (C=O) groups excluding carboxylic acids is 1. The summed E-state index contributed by atoms with van der Waals surface area (Å²) in [5.74, 6) is -0.445. The van der Waals surface area contributed by atoms with Gasteiger partial charge in [0.2, 0.25) is 0 Å². The zero-order chi connectivity index (χ0) is 21.3. The minimum absolute atomic E-state index is 0.161. The first-order valence-electron chi connectivity index (χ1n) is 8.99. The van der Waals surface area contributed by atoms with E-state index in [1.54, 1.807) is 29.8 Å². The highest BCUT2D eigenvalue weighted by molar-refractivity contribution is 6.30. The van der Waals surface area contributed by atoms with Gasteiger partial charge in [0.05, 0.1) is 28.8 Å². The first-order valence-corrected chi connectivity index (χ1v) is 9.37. The van der Waals surface area contributed by atoms with Crippen LogP contribution in [0.15, 0.2) is 47.5 Å². The number of pyridine rings is 1. The second-order valence-electron chi connectivity index (χ2n) is 6.51. The summed E-state index contributed by atoms with van der Waals surface area (Å²) < 4.78 is 12.8. The van der Waals surface area contributed by atoms with Gasteiger partial charge in [-0.15, -0.1) is 0 Å². The van der Waals surface area contributed by atoms with Gasteiger partial charge in [-0.3, -0.25) is 15.0 Å². The summed E-state index contributed by atoms with van der Waals surface area (Å²) in [6.07, 6.45) is 2.95. The molecule has 1 aromatic carbocycles. The Morgan fingerprint density at radius 3 is 2.63 bits per heavy atom. The van der Waals surface area contributed by atoms with Crippen LogP contribution in [-0.2, 0) is 20.9 Å². The predicted octanol–water partition coefficient (Wildman–Crippen LogP) is 2.23. The maximum Gasteiger partial charge on any atom is 0.280 e. The molecular formula is C20H18ClN5O4. The highest BCUT2D eigenvalue weighted by Crippen LogP contribution is 2.30. The molecule has 4 aromatic rings. The van der Waals surface area contributed by atoms with Gasteiger partial charge in [0.1, 0.15) is 6.61 Å². The lowest BCUT2D eigenvalue weighted by atomic mass is 10.1. The molecule has 3 heterocycles. The van der Waals surface area contributed by atoms with E-state index in [2.05, 4.69) is 15.5 Å². The average Bonchev–Trinajstić information content (AvgIpc) is 3.09. The van der Waals surface area contributed by atoms with Crippen LogP contribution in [0.25, 0.3) is 27.7 Å². The van der Waals surface area contributed by atoms with E-state index < -0.39 is 11.5 Å². The highest BCUT2D eigenvalue weighted by atomic mass is 35.5. The summed E-state index contributed by atoms with van der Waals surface area (Å²) in [5, 5.41) is 5.56. The second kappa shape index (κ2) is 8.23. The molecule has 0 saturated carbocycles. The number of carbonyl (C=O) groups is 1. The number of hydrogen-bond donors (Lipinski definition) is 1. The third kappa shape index (κ3) is 3.54. The Balaban J connectivity index is 1.91. The monoisotopic (exact) mass is 427 g/mol. The molecule has 30 heavy (non-hydrogen) atoms. The molecule has 0 spiro atoms. The number of halogens is 1. The summed E-state index contributed by atoms with van der Waals surface area (Å²) in [5.41, 5.74) is 5.54. The Hall–Kier alpha value is -3.27. The molecule has 0 aliphatic rings. The van der Waals surface area contributed by atoms with Crippen LogP contribution in [0, 0.1) is 0 Å². The van der Waals surface area contributed by atoms with Crippen LogP contribution in [0.5, 0.6) is 0 Å². The summed E-state index contributed by atoms with van der Waals surface area (Å²) in [6.45, 7) is 0.110. The van der Waals surface area contributed by atoms with Gasteiger partial charge in [-0.2, -0.15) is 5.10 Å². The first-order chi connectivity index (χ1) is 14.5. The minimum atomic E-state index is -0.445. The number of hydrogen-bond acceptors (Lipinski definition) is 6. The van der Waals surface area contributed by atoms with Crippen LogP contribution in [0.4, 0.5) is 0 Å². The number of nitrogens with one attached hydrogen (secondary N) is 1. The lowest BCUT2D eigenvalue weighted by molar-refractivity contribution is -0.120. The maximum atomic E-state index is 12.8. The number of aromatic nitrogens is 4. The number of ether oxygens (including phenoxy) is 2. The predicted molar refractivity (Wildman–Crippen MR) is 112 cm³/mol. The zero-order valence-corrected chi connectivity index (χ0v) is 17.0. The van der Waals surface area contributed by atoms with Crippen molar-refractivity contribution in [2.75, 3.05) is 26.3 Å². The van der Waals surface area contributed by atoms with E-state index in [9.17, 15) is 9.59 Å². The number of nitrogens with zero attached hydrogens (tertiary/aromatic N) is 4. The third-order valence-electron chi connectivity index (χ3n) is 4.52. The molecule has 3 aromatic heterocycles. The quantitative estimate of drug-likeness (QED) is 0.506. The fraction of sp³-hybridized carbons (Fsp3) is 0.200. The normalized spacial score (nSPS) is 11.3. The van der Waals surface area contributed by atoms with Crippen molar-refractivity contribution >= 4 is 34.1 Å². The second-order valence-corrected chi connectivity index (χ2v) is 6.95. The van der Waals surface area contributed by atoms with E-state index in [0.717, 1.165) is 15.8 Å². The molecule has 0 saturated heterocycles. The van der Waals surface area contributed by atoms with Crippen LogP contribution >= 0.6 is 11.6 Å². The van der Waals surface area contributed by atoms with Crippen molar-refractivity contribution in [3.05, 3.63) is 63.8 Å². The van der Waals surface area contributed by atoms with E-state index in [4.69, 9.17) is 21.1 Å². The number of methoxy groups -OCH3 is 2. The van der Waals surface area contributed by atoms with Crippen molar-refractivity contribution in [3.8, 4) is 11.1 Å². The summed E-state index contributed by atoms with van der Waals surface area (Å²) in [6, 6.07) is 9.04. The number of fused-ring (bicyclic) bond motifs is 3. The van der Waals surface area contributed by atoms with E-state index in [-0.39, 0.29) is 13.2 Å². The zero-order valence-electron chi connectivity index (χ0n) is 16.3. The van der Waals surface area contributed by atoms with Gasteiger partial charge < -0.3 is 9.47 Å². The standard InChI is InChI=1S/C20H18ClN5O4/c1-29-10-15-18(12-3-5-13(21)6-4-12)19-22-9-14-16(26(19)23-15)7-8-25(20(14)28)24-17(27)11-30-2/h3-9H,10-11H2,1-2H3,(H,24,27). The van der Waals surface area contributed by atoms with Crippen LogP contribution in [-0.4, -0.2) is 46.0 Å². The lowest BCUT2D eigenvalue weighted by Crippen LogP contribution is -2.34. The summed E-state index contributed by atoms with van der Waals surface area (Å²) in [4.78, 5) is 29.1. The van der Waals surface area contributed by atoms with E-state index in [0.29, 0.717) is 27.3 Å². The van der Waals surface area contributed by atoms with Gasteiger partial charge >= 0.3 is 0 Å². The van der Waals surface area contributed by atoms with Crippen LogP contribution in [0.2, 0.25) is 5.02 Å². The van der Waals surface area contributed by atoms with Crippen LogP contribution in [0.3, 0.4) is 0 Å². The Kier molecular flexibility index (Phi) is 5.49. The van der Waals surface area contributed by atoms with Gasteiger partial charge in [0.25, 0.3) is 11.5 Å². The van der Waals surface area contributed by atoms with Crippen molar-refractivity contribution in [2.45, 2.75) is 6.61 Å². The van der Waals surface area contributed by atoms with Gasteiger partial charge in [-0.05, 0) is 23.8 Å². The molecule has 4 rings (SSSR count). The third-order valence-corrected chi connectivity index (χ3v) is 4.77. The van der Waals surface area contributed by atoms with E-state index >= 15 is 0 Å². The minimum Gasteiger partial charge on any atom is -0.378 e. The SMILES string of the molecule is COCC(=O)Nn1ccc2c(cnc3c(-c4ccc(Cl)cc4)c(COC)nn32)c1=O. The fourth-order valence-electron chi connectivity index (χ4n) is 3.25. The number of amides is 1. The Morgan fingerprint density at radius 1 is 1.17 bits per heavy atom. The lowest BCUT2D eigenvalue weighted by Gasteiger charge is -2.09. The molecule has 0 atom stereocenters. The summed E-state index contributed by atoms with van der Waals surface area (Å²) >= 11 is 6.02. The Bertz CT molecular complexity index is 1300. The van der Waals surface area contributed by atoms with Crippen LogP contribution < -0.4 is 11.0 Å². The molecular weight excluding hydrogens is 410 g/mol. The van der Waals surface area contributed by atoms with E-state index in [1.165, 1.54) is 19.5 Å². The van der Waals surface area contributed by atoms with Crippen LogP contribution in [0.1, 0.15) is 5.69 Å². The molecule has 0 unspecified atom stereocenters. The van der Waals surface area contributed by atoms with E-state index in [1.807, 2.05) is 12.1 Å². The van der Waals surface area contributed by atoms with Crippen molar-refractivity contribution in [2.24, 2.45) is 0 Å². The molecule has 154 valence electrons. The van der Waals surface area contributed by atoms with Gasteiger partial charge in [-0.1, -0.05) is 23.7 Å². The molecule has 0 aliphatic heterocycles. The largest absolute Gasteiger partial charge is 0.378 e. The molecule has 10 heteroatoms. The maximum absolute atomic E-state index is 12.8. The first kappa shape index (κ1) is 20.0. The topological polar surface area (TPSA) is 99.8 Å². The Labute approximate surface area is 175 Å². The van der Waals surface area contributed by atoms with Crippen molar-refractivity contribution in [1.82, 2.24) is 19.3 Å². The number of benzene rings is 1. The molecule has 1 N–H and O–H groups in total. The highest BCUT2D eigenvalue weighted by Gasteiger charge is 2.19. The Morgan fingerprint density at radius 2 is 1.93 bits per heavy atom. The molecule has 0 radical (unpaired) electrons. The van der Waals surface area contributed by atoms with Crippen molar-refractivity contribution < 1.29 is 14.3 Å². The fourth-order valence-corrected chi connectivity index (χ4v) is 3.38. The smallest absolute Gasteiger partial charge is 0.280 e. The summed E-state index contributed by atoms with van der Waals surface area (Å²) in [7, 11) is 2.99. The molecule has 1 amide bonds. The molecule has 0 bridgehead atoms. The average molecular weight is 428 g/mol. The molecule has 0 aliphatic carbocycles.